The van der Waals surface area contributed by atoms with Crippen LogP contribution >= 0.6 is 0 Å². The van der Waals surface area contributed by atoms with Gasteiger partial charge in [-0.2, -0.15) is 5.26 Å². The van der Waals surface area contributed by atoms with Crippen LogP contribution in [0.5, 0.6) is 0 Å². The Morgan fingerprint density at radius 2 is 2.28 bits per heavy atom. The molecule has 1 saturated heterocycles. The standard InChI is InChI=1S/C13H22N4O/c1-15-13(18)10-3-2-6-17(8-10)9-12(7-14)16-11-4-5-11/h10-12,16H,2-6,8-9H2,1H3,(H,15,18). The van der Waals surface area contributed by atoms with Gasteiger partial charge in [0.1, 0.15) is 6.04 Å². The van der Waals surface area contributed by atoms with Crippen LogP contribution < -0.4 is 10.6 Å². The van der Waals surface area contributed by atoms with E-state index in [0.717, 1.165) is 32.5 Å². The lowest BCUT2D eigenvalue weighted by Gasteiger charge is -2.32. The van der Waals surface area contributed by atoms with Crippen molar-refractivity contribution in [3.8, 4) is 6.07 Å². The molecule has 2 unspecified atom stereocenters. The molecule has 1 aliphatic heterocycles. The Bertz CT molecular complexity index is 334. The maximum atomic E-state index is 11.6. The first-order valence-corrected chi connectivity index (χ1v) is 6.82. The van der Waals surface area contributed by atoms with Crippen molar-refractivity contribution < 1.29 is 4.79 Å². The molecule has 1 heterocycles. The molecule has 18 heavy (non-hydrogen) atoms. The van der Waals surface area contributed by atoms with Gasteiger partial charge in [0.05, 0.1) is 12.0 Å². The molecule has 0 aromatic heterocycles. The zero-order chi connectivity index (χ0) is 13.0. The van der Waals surface area contributed by atoms with Crippen LogP contribution in [-0.2, 0) is 4.79 Å². The fourth-order valence-electron chi connectivity index (χ4n) is 2.56. The number of amides is 1. The first kappa shape index (κ1) is 13.3. The van der Waals surface area contributed by atoms with Gasteiger partial charge in [0.15, 0.2) is 0 Å². The van der Waals surface area contributed by atoms with Crippen LogP contribution in [0.4, 0.5) is 0 Å². The lowest BCUT2D eigenvalue weighted by molar-refractivity contribution is -0.126. The summed E-state index contributed by atoms with van der Waals surface area (Å²) in [6.45, 7) is 2.52. The maximum Gasteiger partial charge on any atom is 0.224 e. The normalized spacial score (nSPS) is 26.3. The van der Waals surface area contributed by atoms with E-state index in [4.69, 9.17) is 5.26 Å². The van der Waals surface area contributed by atoms with Crippen LogP contribution in [0.2, 0.25) is 0 Å². The third-order valence-corrected chi connectivity index (χ3v) is 3.73. The minimum Gasteiger partial charge on any atom is -0.359 e. The smallest absolute Gasteiger partial charge is 0.224 e. The highest BCUT2D eigenvalue weighted by Crippen LogP contribution is 2.20. The molecule has 2 aliphatic rings. The number of carbonyl (C=O) groups excluding carboxylic acids is 1. The van der Waals surface area contributed by atoms with Crippen LogP contribution in [0.25, 0.3) is 0 Å². The minimum absolute atomic E-state index is 0.0871. The minimum atomic E-state index is -0.0964. The second-order valence-electron chi connectivity index (χ2n) is 5.34. The molecule has 2 fully saturated rings. The predicted molar refractivity (Wildman–Crippen MR) is 68.8 cm³/mol. The van der Waals surface area contributed by atoms with Crippen LogP contribution in [0.3, 0.4) is 0 Å². The van der Waals surface area contributed by atoms with Gasteiger partial charge in [0.25, 0.3) is 0 Å². The summed E-state index contributed by atoms with van der Waals surface area (Å²) in [5.74, 6) is 0.215. The van der Waals surface area contributed by atoms with Gasteiger partial charge in [0, 0.05) is 26.2 Å². The molecular formula is C13H22N4O. The average molecular weight is 250 g/mol. The number of nitriles is 1. The highest BCUT2D eigenvalue weighted by Gasteiger charge is 2.29. The quantitative estimate of drug-likeness (QED) is 0.725. The van der Waals surface area contributed by atoms with Gasteiger partial charge >= 0.3 is 0 Å². The van der Waals surface area contributed by atoms with Crippen molar-refractivity contribution in [3.05, 3.63) is 0 Å². The van der Waals surface area contributed by atoms with Crippen molar-refractivity contribution in [2.45, 2.75) is 37.8 Å². The molecule has 0 aromatic carbocycles. The number of rotatable bonds is 5. The molecule has 1 aliphatic carbocycles. The second kappa shape index (κ2) is 6.17. The molecule has 1 amide bonds. The zero-order valence-corrected chi connectivity index (χ0v) is 11.0. The number of likely N-dealkylation sites (tertiary alicyclic amines) is 1. The summed E-state index contributed by atoms with van der Waals surface area (Å²) in [5, 5.41) is 15.2. The summed E-state index contributed by atoms with van der Waals surface area (Å²) in [6, 6.07) is 2.78. The van der Waals surface area contributed by atoms with E-state index in [1.54, 1.807) is 7.05 Å². The Kier molecular flexibility index (Phi) is 4.56. The van der Waals surface area contributed by atoms with Crippen molar-refractivity contribution in [2.24, 2.45) is 5.92 Å². The Morgan fingerprint density at radius 1 is 1.50 bits per heavy atom. The van der Waals surface area contributed by atoms with E-state index in [-0.39, 0.29) is 17.9 Å². The van der Waals surface area contributed by atoms with E-state index >= 15 is 0 Å². The molecule has 1 saturated carbocycles. The number of nitrogens with one attached hydrogen (secondary N) is 2. The molecule has 100 valence electrons. The van der Waals surface area contributed by atoms with E-state index in [9.17, 15) is 4.79 Å². The number of hydrogen-bond acceptors (Lipinski definition) is 4. The summed E-state index contributed by atoms with van der Waals surface area (Å²) < 4.78 is 0. The second-order valence-corrected chi connectivity index (χ2v) is 5.34. The van der Waals surface area contributed by atoms with Gasteiger partial charge in [-0.15, -0.1) is 0 Å². The third-order valence-electron chi connectivity index (χ3n) is 3.73. The lowest BCUT2D eigenvalue weighted by atomic mass is 9.97. The molecule has 0 bridgehead atoms. The van der Waals surface area contributed by atoms with Gasteiger partial charge in [-0.3, -0.25) is 15.0 Å². The molecule has 2 rings (SSSR count). The Morgan fingerprint density at radius 3 is 2.89 bits per heavy atom. The monoisotopic (exact) mass is 250 g/mol. The third kappa shape index (κ3) is 3.69. The Balaban J connectivity index is 1.80. The summed E-state index contributed by atoms with van der Waals surface area (Å²) in [7, 11) is 1.69. The van der Waals surface area contributed by atoms with Crippen LogP contribution in [-0.4, -0.2) is 49.6 Å². The maximum absolute atomic E-state index is 11.6. The zero-order valence-electron chi connectivity index (χ0n) is 11.0. The molecule has 0 radical (unpaired) electrons. The number of nitrogens with zero attached hydrogens (tertiary/aromatic N) is 2. The molecule has 2 N–H and O–H groups in total. The first-order chi connectivity index (χ1) is 8.72. The molecule has 0 aromatic rings. The van der Waals surface area contributed by atoms with Crippen molar-refractivity contribution in [3.63, 3.8) is 0 Å². The van der Waals surface area contributed by atoms with Crippen molar-refractivity contribution in [2.75, 3.05) is 26.7 Å². The fraction of sp³-hybridized carbons (Fsp3) is 0.846. The average Bonchev–Trinajstić information content (AvgIpc) is 3.21. The van der Waals surface area contributed by atoms with E-state index in [1.807, 2.05) is 0 Å². The number of hydrogen-bond donors (Lipinski definition) is 2. The summed E-state index contributed by atoms with van der Waals surface area (Å²) >= 11 is 0. The topological polar surface area (TPSA) is 68.2 Å². The van der Waals surface area contributed by atoms with Crippen molar-refractivity contribution in [1.29, 1.82) is 5.26 Å². The molecule has 5 nitrogen and oxygen atoms in total. The first-order valence-electron chi connectivity index (χ1n) is 6.82. The number of piperidine rings is 1. The van der Waals surface area contributed by atoms with Crippen molar-refractivity contribution in [1.82, 2.24) is 15.5 Å². The van der Waals surface area contributed by atoms with Gasteiger partial charge < -0.3 is 5.32 Å². The fourth-order valence-corrected chi connectivity index (χ4v) is 2.56. The largest absolute Gasteiger partial charge is 0.359 e. The lowest BCUT2D eigenvalue weighted by Crippen LogP contribution is -2.47. The van der Waals surface area contributed by atoms with Gasteiger partial charge in [-0.05, 0) is 32.2 Å². The molecule has 5 heteroatoms. The molecule has 2 atom stereocenters. The van der Waals surface area contributed by atoms with E-state index in [2.05, 4.69) is 21.6 Å². The van der Waals surface area contributed by atoms with Crippen LogP contribution in [0, 0.1) is 17.2 Å². The molecular weight excluding hydrogens is 228 g/mol. The highest BCUT2D eigenvalue weighted by molar-refractivity contribution is 5.78. The Hall–Kier alpha value is -1.12. The van der Waals surface area contributed by atoms with Gasteiger partial charge in [-0.25, -0.2) is 0 Å². The summed E-state index contributed by atoms with van der Waals surface area (Å²) in [6.07, 6.45) is 4.39. The summed E-state index contributed by atoms with van der Waals surface area (Å²) in [4.78, 5) is 13.9. The van der Waals surface area contributed by atoms with Crippen LogP contribution in [0.1, 0.15) is 25.7 Å². The SMILES string of the molecule is CNC(=O)C1CCCN(CC(C#N)NC2CC2)C1. The highest BCUT2D eigenvalue weighted by atomic mass is 16.1. The van der Waals surface area contributed by atoms with E-state index in [0.29, 0.717) is 6.04 Å². The van der Waals surface area contributed by atoms with Gasteiger partial charge in [-0.1, -0.05) is 0 Å². The Labute approximate surface area is 109 Å². The summed E-state index contributed by atoms with van der Waals surface area (Å²) in [5.41, 5.74) is 0. The van der Waals surface area contributed by atoms with E-state index < -0.39 is 0 Å². The molecule has 0 spiro atoms. The van der Waals surface area contributed by atoms with Crippen LogP contribution in [0.15, 0.2) is 0 Å². The number of carbonyl (C=O) groups is 1. The van der Waals surface area contributed by atoms with Gasteiger partial charge in [0.2, 0.25) is 5.91 Å². The predicted octanol–water partition coefficient (Wildman–Crippen LogP) is 0.0886. The van der Waals surface area contributed by atoms with Crippen molar-refractivity contribution >= 4 is 5.91 Å². The van der Waals surface area contributed by atoms with E-state index in [1.165, 1.54) is 12.8 Å².